The summed E-state index contributed by atoms with van der Waals surface area (Å²) < 4.78 is 26.0. The molecule has 1 atom stereocenters. The summed E-state index contributed by atoms with van der Waals surface area (Å²) >= 11 is 0. The third kappa shape index (κ3) is 3.80. The number of methoxy groups -OCH3 is 1. The molecule has 0 saturated carbocycles. The molecule has 2 fully saturated rings. The van der Waals surface area contributed by atoms with Crippen LogP contribution >= 0.6 is 0 Å². The van der Waals surface area contributed by atoms with Crippen LogP contribution in [0.5, 0.6) is 5.75 Å². The van der Waals surface area contributed by atoms with Crippen molar-refractivity contribution in [2.75, 3.05) is 51.3 Å². The Bertz CT molecular complexity index is 1460. The molecule has 3 aliphatic rings. The van der Waals surface area contributed by atoms with E-state index < -0.39 is 29.0 Å². The zero-order valence-electron chi connectivity index (χ0n) is 21.3. The lowest BCUT2D eigenvalue weighted by Crippen LogP contribution is -2.46. The van der Waals surface area contributed by atoms with E-state index in [9.17, 15) is 18.8 Å². The van der Waals surface area contributed by atoms with Gasteiger partial charge in [0.2, 0.25) is 11.8 Å². The van der Waals surface area contributed by atoms with Gasteiger partial charge in [0.15, 0.2) is 17.1 Å². The molecule has 2 saturated heterocycles. The Kier molecular flexibility index (Phi) is 5.82. The average Bonchev–Trinajstić information content (AvgIpc) is 3.57. The van der Waals surface area contributed by atoms with Gasteiger partial charge in [0.1, 0.15) is 22.5 Å². The van der Waals surface area contributed by atoms with Crippen LogP contribution in [0.15, 0.2) is 34.7 Å². The highest BCUT2D eigenvalue weighted by Crippen LogP contribution is 2.40. The van der Waals surface area contributed by atoms with Crippen LogP contribution in [-0.2, 0) is 21.5 Å². The zero-order valence-corrected chi connectivity index (χ0v) is 21.3. The van der Waals surface area contributed by atoms with E-state index >= 15 is 0 Å². The number of hydrogen-bond acceptors (Lipinski definition) is 8. The van der Waals surface area contributed by atoms with Crippen molar-refractivity contribution in [2.45, 2.75) is 25.3 Å². The smallest absolute Gasteiger partial charge is 0.257 e. The number of nitrogens with zero attached hydrogens (tertiary/aromatic N) is 4. The van der Waals surface area contributed by atoms with Crippen LogP contribution in [-0.4, -0.2) is 78.9 Å². The SMILES string of the molecule is CCN1CCN(c2ccc3oc([C@]4(CN5Cc6ccc(OC)c(F)c6C5=O)CC(=O)NC4=O)cc3n2)CC1. The summed E-state index contributed by atoms with van der Waals surface area (Å²) in [7, 11) is 1.33. The predicted molar refractivity (Wildman–Crippen MR) is 135 cm³/mol. The second-order valence-corrected chi connectivity index (χ2v) is 10.00. The number of likely N-dealkylation sites (N-methyl/N-ethyl adjacent to an activating group) is 1. The molecular weight excluding hydrogens is 493 g/mol. The highest BCUT2D eigenvalue weighted by molar-refractivity contribution is 6.10. The molecule has 0 radical (unpaired) electrons. The number of benzene rings is 1. The Balaban J connectivity index is 1.32. The number of halogens is 1. The van der Waals surface area contributed by atoms with Gasteiger partial charge in [-0.05, 0) is 30.3 Å². The fraction of sp³-hybridized carbons (Fsp3) is 0.407. The number of amides is 3. The number of nitrogens with one attached hydrogen (secondary N) is 1. The molecule has 5 heterocycles. The highest BCUT2D eigenvalue weighted by atomic mass is 19.1. The average molecular weight is 522 g/mol. The number of rotatable bonds is 6. The summed E-state index contributed by atoms with van der Waals surface area (Å²) in [5, 5.41) is 2.36. The van der Waals surface area contributed by atoms with Gasteiger partial charge < -0.3 is 23.9 Å². The van der Waals surface area contributed by atoms with E-state index in [0.717, 1.165) is 38.5 Å². The second kappa shape index (κ2) is 9.09. The molecule has 3 aromatic rings. The molecule has 0 bridgehead atoms. The summed E-state index contributed by atoms with van der Waals surface area (Å²) in [6.45, 7) is 6.74. The molecule has 0 unspecified atom stereocenters. The predicted octanol–water partition coefficient (Wildman–Crippen LogP) is 2.06. The maximum Gasteiger partial charge on any atom is 0.257 e. The number of hydrogen-bond donors (Lipinski definition) is 1. The van der Waals surface area contributed by atoms with Crippen molar-refractivity contribution in [3.05, 3.63) is 53.0 Å². The van der Waals surface area contributed by atoms with Gasteiger partial charge in [-0.15, -0.1) is 0 Å². The first-order valence-electron chi connectivity index (χ1n) is 12.7. The van der Waals surface area contributed by atoms with Crippen LogP contribution < -0.4 is 15.0 Å². The first-order valence-corrected chi connectivity index (χ1v) is 12.7. The number of piperazine rings is 1. The second-order valence-electron chi connectivity index (χ2n) is 10.00. The number of aromatic nitrogens is 1. The van der Waals surface area contributed by atoms with Crippen LogP contribution in [0.4, 0.5) is 10.2 Å². The Morgan fingerprint density at radius 1 is 1.13 bits per heavy atom. The summed E-state index contributed by atoms with van der Waals surface area (Å²) in [6.07, 6.45) is -0.191. The number of fused-ring (bicyclic) bond motifs is 2. The van der Waals surface area contributed by atoms with Crippen molar-refractivity contribution in [1.82, 2.24) is 20.1 Å². The quantitative estimate of drug-likeness (QED) is 0.491. The summed E-state index contributed by atoms with van der Waals surface area (Å²) in [5.41, 5.74) is 0.00167. The monoisotopic (exact) mass is 521 g/mol. The van der Waals surface area contributed by atoms with E-state index in [4.69, 9.17) is 14.1 Å². The Morgan fingerprint density at radius 3 is 2.61 bits per heavy atom. The van der Waals surface area contributed by atoms with Crippen molar-refractivity contribution in [2.24, 2.45) is 0 Å². The number of imide groups is 1. The molecule has 198 valence electrons. The first kappa shape index (κ1) is 24.4. The largest absolute Gasteiger partial charge is 0.494 e. The standard InChI is InChI=1S/C27H28FN5O5/c1-3-31-8-10-32(11-9-31)21-7-6-18-17(29-21)12-20(38-18)27(13-22(34)30-26(27)36)15-33-14-16-4-5-19(37-2)24(28)23(16)25(33)35/h4-7,12H,3,8-11,13-15H2,1-2H3,(H,30,34,36)/t27-/m1/s1. The summed E-state index contributed by atoms with van der Waals surface area (Å²) in [6, 6.07) is 8.48. The van der Waals surface area contributed by atoms with Gasteiger partial charge in [0.25, 0.3) is 5.91 Å². The van der Waals surface area contributed by atoms with Gasteiger partial charge in [-0.25, -0.2) is 9.37 Å². The van der Waals surface area contributed by atoms with E-state index in [1.165, 1.54) is 18.1 Å². The normalized spacial score (nSPS) is 21.9. The molecule has 3 amide bonds. The molecule has 2 aromatic heterocycles. The maximum absolute atomic E-state index is 14.9. The molecule has 0 spiro atoms. The minimum absolute atomic E-state index is 0.0299. The fourth-order valence-electron chi connectivity index (χ4n) is 5.67. The third-order valence-corrected chi connectivity index (χ3v) is 7.86. The van der Waals surface area contributed by atoms with Crippen LogP contribution in [0.25, 0.3) is 11.1 Å². The zero-order chi connectivity index (χ0) is 26.6. The van der Waals surface area contributed by atoms with E-state index in [1.54, 1.807) is 12.1 Å². The number of pyridine rings is 1. The van der Waals surface area contributed by atoms with Crippen molar-refractivity contribution < 1.29 is 27.9 Å². The van der Waals surface area contributed by atoms with Crippen LogP contribution in [0.3, 0.4) is 0 Å². The summed E-state index contributed by atoms with van der Waals surface area (Å²) in [4.78, 5) is 49.6. The molecule has 3 aliphatic heterocycles. The fourth-order valence-corrected chi connectivity index (χ4v) is 5.67. The molecule has 11 heteroatoms. The summed E-state index contributed by atoms with van der Waals surface area (Å²) in [5.74, 6) is -1.29. The van der Waals surface area contributed by atoms with E-state index in [-0.39, 0.29) is 36.6 Å². The van der Waals surface area contributed by atoms with Crippen LogP contribution in [0.2, 0.25) is 0 Å². The Hall–Kier alpha value is -3.99. The Morgan fingerprint density at radius 2 is 1.92 bits per heavy atom. The van der Waals surface area contributed by atoms with Gasteiger partial charge in [0.05, 0.1) is 19.1 Å². The topological polar surface area (TPSA) is 108 Å². The Labute approximate surface area is 218 Å². The molecule has 0 aliphatic carbocycles. The molecule has 38 heavy (non-hydrogen) atoms. The molecule has 1 aromatic carbocycles. The van der Waals surface area contributed by atoms with Crippen molar-refractivity contribution >= 4 is 34.6 Å². The number of carbonyl (C=O) groups is 3. The van der Waals surface area contributed by atoms with Crippen molar-refractivity contribution in [3.8, 4) is 5.75 Å². The minimum Gasteiger partial charge on any atom is -0.494 e. The molecular formula is C27H28FN5O5. The van der Waals surface area contributed by atoms with E-state index in [1.807, 2.05) is 12.1 Å². The van der Waals surface area contributed by atoms with E-state index in [2.05, 4.69) is 22.0 Å². The molecule has 1 N–H and O–H groups in total. The maximum atomic E-state index is 14.9. The van der Waals surface area contributed by atoms with Crippen molar-refractivity contribution in [3.63, 3.8) is 0 Å². The molecule has 10 nitrogen and oxygen atoms in total. The van der Waals surface area contributed by atoms with E-state index in [0.29, 0.717) is 16.7 Å². The van der Waals surface area contributed by atoms with Crippen molar-refractivity contribution in [1.29, 1.82) is 0 Å². The lowest BCUT2D eigenvalue weighted by atomic mass is 9.82. The third-order valence-electron chi connectivity index (χ3n) is 7.86. The molecule has 6 rings (SSSR count). The number of anilines is 1. The van der Waals surface area contributed by atoms with Gasteiger partial charge in [-0.2, -0.15) is 0 Å². The van der Waals surface area contributed by atoms with Gasteiger partial charge in [-0.1, -0.05) is 13.0 Å². The number of ether oxygens (including phenoxy) is 1. The number of carbonyl (C=O) groups excluding carboxylic acids is 3. The van der Waals surface area contributed by atoms with Gasteiger partial charge in [0, 0.05) is 45.3 Å². The van der Waals surface area contributed by atoms with Gasteiger partial charge in [-0.3, -0.25) is 19.7 Å². The highest BCUT2D eigenvalue weighted by Gasteiger charge is 2.53. The first-order chi connectivity index (χ1) is 18.3. The van der Waals surface area contributed by atoms with Crippen LogP contribution in [0, 0.1) is 5.82 Å². The minimum atomic E-state index is -1.46. The van der Waals surface area contributed by atoms with Crippen LogP contribution in [0.1, 0.15) is 35.0 Å². The van der Waals surface area contributed by atoms with Gasteiger partial charge >= 0.3 is 0 Å². The lowest BCUT2D eigenvalue weighted by Gasteiger charge is -2.34. The lowest BCUT2D eigenvalue weighted by molar-refractivity contribution is -0.127. The number of furan rings is 1.